The molecule has 4 nitrogen and oxygen atoms in total. The molecular formula is C13H13BrN2O2S. The Hall–Kier alpha value is -1.27. The fourth-order valence-electron chi connectivity index (χ4n) is 1.68. The molecule has 0 saturated carbocycles. The van der Waals surface area contributed by atoms with Crippen molar-refractivity contribution in [2.75, 3.05) is 5.75 Å². The van der Waals surface area contributed by atoms with Crippen LogP contribution in [0.5, 0.6) is 0 Å². The standard InChI is InChI=1S/C13H13BrN2O2S/c1-16-6-5-15-12(16)4-7-19-11-8-9(14)2-3-10(11)13(17)18/h2-3,5-6,8H,4,7H2,1H3,(H,17,18). The van der Waals surface area contributed by atoms with Crippen LogP contribution in [-0.2, 0) is 13.5 Å². The lowest BCUT2D eigenvalue weighted by atomic mass is 10.2. The van der Waals surface area contributed by atoms with E-state index in [1.807, 2.05) is 23.9 Å². The van der Waals surface area contributed by atoms with Gasteiger partial charge in [-0.3, -0.25) is 0 Å². The van der Waals surface area contributed by atoms with Crippen LogP contribution in [-0.4, -0.2) is 26.4 Å². The van der Waals surface area contributed by atoms with Crippen LogP contribution in [0.3, 0.4) is 0 Å². The van der Waals surface area contributed by atoms with Crippen molar-refractivity contribution in [2.45, 2.75) is 11.3 Å². The number of benzene rings is 1. The van der Waals surface area contributed by atoms with Gasteiger partial charge in [-0.1, -0.05) is 15.9 Å². The second-order valence-electron chi connectivity index (χ2n) is 4.00. The summed E-state index contributed by atoms with van der Waals surface area (Å²) in [5.41, 5.74) is 0.341. The summed E-state index contributed by atoms with van der Waals surface area (Å²) in [5.74, 6) is 0.896. The minimum atomic E-state index is -0.896. The molecule has 6 heteroatoms. The zero-order chi connectivity index (χ0) is 13.8. The normalized spacial score (nSPS) is 10.6. The van der Waals surface area contributed by atoms with E-state index in [-0.39, 0.29) is 0 Å². The first kappa shape index (κ1) is 14.1. The number of hydrogen-bond donors (Lipinski definition) is 1. The zero-order valence-electron chi connectivity index (χ0n) is 10.3. The molecule has 0 aliphatic carbocycles. The molecule has 2 aromatic rings. The van der Waals surface area contributed by atoms with Gasteiger partial charge in [-0.25, -0.2) is 9.78 Å². The molecule has 0 radical (unpaired) electrons. The summed E-state index contributed by atoms with van der Waals surface area (Å²) in [6, 6.07) is 5.20. The number of hydrogen-bond acceptors (Lipinski definition) is 3. The summed E-state index contributed by atoms with van der Waals surface area (Å²) in [6.45, 7) is 0. The molecule has 0 spiro atoms. The molecule has 1 heterocycles. The van der Waals surface area contributed by atoms with Gasteiger partial charge in [0.2, 0.25) is 0 Å². The fourth-order valence-corrected chi connectivity index (χ4v) is 3.22. The first-order valence-electron chi connectivity index (χ1n) is 5.70. The van der Waals surface area contributed by atoms with Crippen molar-refractivity contribution in [3.8, 4) is 0 Å². The lowest BCUT2D eigenvalue weighted by Crippen LogP contribution is -2.01. The van der Waals surface area contributed by atoms with Crippen LogP contribution in [0.2, 0.25) is 0 Å². The van der Waals surface area contributed by atoms with Gasteiger partial charge in [-0.15, -0.1) is 11.8 Å². The van der Waals surface area contributed by atoms with Gasteiger partial charge in [0.05, 0.1) is 5.56 Å². The maximum Gasteiger partial charge on any atom is 0.336 e. The Morgan fingerprint density at radius 3 is 2.95 bits per heavy atom. The predicted molar refractivity (Wildman–Crippen MR) is 78.7 cm³/mol. The lowest BCUT2D eigenvalue weighted by molar-refractivity contribution is 0.0693. The molecular weight excluding hydrogens is 328 g/mol. The molecule has 0 bridgehead atoms. The van der Waals surface area contributed by atoms with Gasteiger partial charge in [0.15, 0.2) is 0 Å². The maximum atomic E-state index is 11.1. The smallest absolute Gasteiger partial charge is 0.336 e. The molecule has 0 unspecified atom stereocenters. The highest BCUT2D eigenvalue weighted by Crippen LogP contribution is 2.27. The predicted octanol–water partition coefficient (Wildman–Crippen LogP) is 3.22. The van der Waals surface area contributed by atoms with Crippen molar-refractivity contribution in [1.82, 2.24) is 9.55 Å². The first-order valence-corrected chi connectivity index (χ1v) is 7.47. The molecule has 1 aromatic carbocycles. The number of aromatic carboxylic acids is 1. The Balaban J connectivity index is 2.05. The van der Waals surface area contributed by atoms with Crippen LogP contribution in [0.25, 0.3) is 0 Å². The fraction of sp³-hybridized carbons (Fsp3) is 0.231. The number of aromatic nitrogens is 2. The number of imidazole rings is 1. The molecule has 0 amide bonds. The maximum absolute atomic E-state index is 11.1. The monoisotopic (exact) mass is 340 g/mol. The van der Waals surface area contributed by atoms with E-state index in [4.69, 9.17) is 5.11 Å². The van der Waals surface area contributed by atoms with E-state index in [9.17, 15) is 4.79 Å². The summed E-state index contributed by atoms with van der Waals surface area (Å²) < 4.78 is 2.86. The second kappa shape index (κ2) is 6.25. The average Bonchev–Trinajstić information content (AvgIpc) is 2.75. The van der Waals surface area contributed by atoms with Crippen molar-refractivity contribution in [3.05, 3.63) is 46.5 Å². The van der Waals surface area contributed by atoms with Crippen LogP contribution >= 0.6 is 27.7 Å². The van der Waals surface area contributed by atoms with E-state index in [2.05, 4.69) is 20.9 Å². The van der Waals surface area contributed by atoms with E-state index in [1.54, 1.807) is 18.3 Å². The summed E-state index contributed by atoms with van der Waals surface area (Å²) in [4.78, 5) is 16.2. The minimum Gasteiger partial charge on any atom is -0.478 e. The number of carboxylic acids is 1. The number of rotatable bonds is 5. The molecule has 0 atom stereocenters. The molecule has 0 fully saturated rings. The Bertz CT molecular complexity index is 598. The van der Waals surface area contributed by atoms with Crippen LogP contribution in [0.15, 0.2) is 40.0 Å². The number of carboxylic acid groups (broad SMARTS) is 1. The van der Waals surface area contributed by atoms with Crippen molar-refractivity contribution in [3.63, 3.8) is 0 Å². The second-order valence-corrected chi connectivity index (χ2v) is 6.05. The topological polar surface area (TPSA) is 55.1 Å². The van der Waals surface area contributed by atoms with Crippen molar-refractivity contribution in [2.24, 2.45) is 7.05 Å². The third-order valence-electron chi connectivity index (χ3n) is 2.68. The Morgan fingerprint density at radius 1 is 1.53 bits per heavy atom. The average molecular weight is 341 g/mol. The van der Waals surface area contributed by atoms with Crippen LogP contribution < -0.4 is 0 Å². The molecule has 2 rings (SSSR count). The summed E-state index contributed by atoms with van der Waals surface area (Å²) in [7, 11) is 1.95. The van der Waals surface area contributed by atoms with E-state index < -0.39 is 5.97 Å². The number of thioether (sulfide) groups is 1. The third kappa shape index (κ3) is 3.61. The van der Waals surface area contributed by atoms with Gasteiger partial charge < -0.3 is 9.67 Å². The molecule has 0 aliphatic rings. The van der Waals surface area contributed by atoms with E-state index in [1.165, 1.54) is 11.8 Å². The lowest BCUT2D eigenvalue weighted by Gasteiger charge is -2.06. The van der Waals surface area contributed by atoms with E-state index >= 15 is 0 Å². The Morgan fingerprint density at radius 2 is 2.32 bits per heavy atom. The first-order chi connectivity index (χ1) is 9.08. The van der Waals surface area contributed by atoms with E-state index in [0.29, 0.717) is 5.56 Å². The van der Waals surface area contributed by atoms with Gasteiger partial charge in [-0.2, -0.15) is 0 Å². The SMILES string of the molecule is Cn1ccnc1CCSc1cc(Br)ccc1C(=O)O. The molecule has 0 aliphatic heterocycles. The highest BCUT2D eigenvalue weighted by Gasteiger charge is 2.11. The van der Waals surface area contributed by atoms with Crippen molar-refractivity contribution >= 4 is 33.7 Å². The largest absolute Gasteiger partial charge is 0.478 e. The van der Waals surface area contributed by atoms with Gasteiger partial charge in [0.1, 0.15) is 5.82 Å². The van der Waals surface area contributed by atoms with Crippen LogP contribution in [0.1, 0.15) is 16.2 Å². The third-order valence-corrected chi connectivity index (χ3v) is 4.23. The molecule has 1 N–H and O–H groups in total. The summed E-state index contributed by atoms with van der Waals surface area (Å²) >= 11 is 4.90. The van der Waals surface area contributed by atoms with Crippen LogP contribution in [0, 0.1) is 0 Å². The number of aryl methyl sites for hydroxylation is 2. The molecule has 19 heavy (non-hydrogen) atoms. The summed E-state index contributed by atoms with van der Waals surface area (Å²) in [5, 5.41) is 9.14. The number of halogens is 1. The molecule has 1 aromatic heterocycles. The van der Waals surface area contributed by atoms with Gasteiger partial charge in [0, 0.05) is 41.0 Å². The van der Waals surface area contributed by atoms with E-state index in [0.717, 1.165) is 27.4 Å². The van der Waals surface area contributed by atoms with Crippen LogP contribution in [0.4, 0.5) is 0 Å². The van der Waals surface area contributed by atoms with Gasteiger partial charge in [-0.05, 0) is 18.2 Å². The van der Waals surface area contributed by atoms with Crippen molar-refractivity contribution < 1.29 is 9.90 Å². The molecule has 0 saturated heterocycles. The molecule has 100 valence electrons. The Labute approximate surface area is 124 Å². The quantitative estimate of drug-likeness (QED) is 0.849. The highest BCUT2D eigenvalue weighted by atomic mass is 79.9. The zero-order valence-corrected chi connectivity index (χ0v) is 12.7. The summed E-state index contributed by atoms with van der Waals surface area (Å²) in [6.07, 6.45) is 4.48. The van der Waals surface area contributed by atoms with Gasteiger partial charge >= 0.3 is 5.97 Å². The number of nitrogens with zero attached hydrogens (tertiary/aromatic N) is 2. The number of carbonyl (C=O) groups is 1. The highest BCUT2D eigenvalue weighted by molar-refractivity contribution is 9.10. The Kier molecular flexibility index (Phi) is 4.66. The van der Waals surface area contributed by atoms with Crippen molar-refractivity contribution in [1.29, 1.82) is 0 Å². The minimum absolute atomic E-state index is 0.341. The van der Waals surface area contributed by atoms with Gasteiger partial charge in [0.25, 0.3) is 0 Å².